The number of ketones is 1. The number of aliphatic hydroxyl groups is 1. The van der Waals surface area contributed by atoms with Gasteiger partial charge in [0.25, 0.3) is 11.8 Å². The Kier molecular flexibility index (Phi) is 17.7. The second kappa shape index (κ2) is 22.7. The standard InChI is InChI=1S/C46H56F2N8O10/c1-26(18-36(58)27(2)51-38(60)24-56-39(61)14-15-40(56)62)43(64)53-34(21-37(49)59)45(66)52-33(44(65)50-6)16-17-55(41(63)25-57)42(46(3,4)5)35-19-29(31-20-30(47)12-13-32(31)48)23-54(35)22-28-10-8-7-9-11-28/h7-15,19-20,23,26-27,33-34,42,57H,16-18,21-22,24-25H2,1-6H3,(H2,49,59)(H,50,65)(H,51,60)(H,52,66)(H,53,64)/t26-,27+,33+,34+,42+/m1/s1. The van der Waals surface area contributed by atoms with Crippen LogP contribution in [0.1, 0.15) is 71.2 Å². The van der Waals surface area contributed by atoms with Gasteiger partial charge in [-0.1, -0.05) is 58.0 Å². The van der Waals surface area contributed by atoms with Crippen LogP contribution in [0.2, 0.25) is 0 Å². The molecule has 0 spiro atoms. The molecule has 354 valence electrons. The lowest BCUT2D eigenvalue weighted by Gasteiger charge is -2.41. The Balaban J connectivity index is 1.55. The first-order valence-corrected chi connectivity index (χ1v) is 21.1. The second-order valence-corrected chi connectivity index (χ2v) is 17.1. The van der Waals surface area contributed by atoms with E-state index in [1.807, 2.05) is 51.1 Å². The van der Waals surface area contributed by atoms with E-state index in [0.29, 0.717) is 16.2 Å². The van der Waals surface area contributed by atoms with Crippen molar-refractivity contribution in [2.24, 2.45) is 17.1 Å². The molecule has 20 heteroatoms. The third-order valence-corrected chi connectivity index (χ3v) is 10.8. The molecule has 0 radical (unpaired) electrons. The van der Waals surface area contributed by atoms with E-state index in [2.05, 4.69) is 21.3 Å². The third kappa shape index (κ3) is 13.7. The molecule has 3 aromatic rings. The van der Waals surface area contributed by atoms with Crippen molar-refractivity contribution in [2.75, 3.05) is 26.7 Å². The number of primary amides is 1. The lowest BCUT2D eigenvalue weighted by Crippen LogP contribution is -2.56. The van der Waals surface area contributed by atoms with Crippen LogP contribution in [0.25, 0.3) is 11.1 Å². The first-order valence-electron chi connectivity index (χ1n) is 21.1. The van der Waals surface area contributed by atoms with E-state index in [1.165, 1.54) is 25.8 Å². The Morgan fingerprint density at radius 2 is 1.47 bits per heavy atom. The highest BCUT2D eigenvalue weighted by atomic mass is 19.1. The highest BCUT2D eigenvalue weighted by molar-refractivity contribution is 6.14. The minimum absolute atomic E-state index is 0.0273. The third-order valence-electron chi connectivity index (χ3n) is 10.8. The van der Waals surface area contributed by atoms with Crippen molar-refractivity contribution in [3.8, 4) is 11.1 Å². The summed E-state index contributed by atoms with van der Waals surface area (Å²) in [7, 11) is 1.30. The zero-order valence-electron chi connectivity index (χ0n) is 37.6. The van der Waals surface area contributed by atoms with Crippen molar-refractivity contribution in [1.82, 2.24) is 35.6 Å². The fourth-order valence-electron chi connectivity index (χ4n) is 7.48. The van der Waals surface area contributed by atoms with Crippen LogP contribution < -0.4 is 27.0 Å². The maximum absolute atomic E-state index is 15.2. The van der Waals surface area contributed by atoms with E-state index in [0.717, 1.165) is 35.9 Å². The van der Waals surface area contributed by atoms with E-state index < -0.39 is 126 Å². The maximum atomic E-state index is 15.2. The van der Waals surface area contributed by atoms with Gasteiger partial charge in [-0.3, -0.25) is 48.1 Å². The number of hydrogen-bond donors (Lipinski definition) is 6. The normalized spacial score (nSPS) is 14.7. The number of benzene rings is 2. The molecule has 66 heavy (non-hydrogen) atoms. The van der Waals surface area contributed by atoms with Gasteiger partial charge in [0.15, 0.2) is 5.78 Å². The molecule has 5 atom stereocenters. The molecule has 1 aliphatic rings. The van der Waals surface area contributed by atoms with Crippen LogP contribution in [-0.2, 0) is 49.7 Å². The highest BCUT2D eigenvalue weighted by Crippen LogP contribution is 2.41. The van der Waals surface area contributed by atoms with E-state index >= 15 is 4.39 Å². The molecule has 7 N–H and O–H groups in total. The summed E-state index contributed by atoms with van der Waals surface area (Å²) < 4.78 is 31.5. The summed E-state index contributed by atoms with van der Waals surface area (Å²) in [6.07, 6.45) is 2.20. The number of Topliss-reactive ketones (excluding diaryl/α,β-unsaturated/α-hetero) is 1. The van der Waals surface area contributed by atoms with Gasteiger partial charge in [-0.2, -0.15) is 0 Å². The molecule has 1 aliphatic heterocycles. The first kappa shape index (κ1) is 51.5. The number of carbonyl (C=O) groups is 9. The zero-order chi connectivity index (χ0) is 49.0. The van der Waals surface area contributed by atoms with Gasteiger partial charge in [0.2, 0.25) is 35.4 Å². The van der Waals surface area contributed by atoms with Crippen LogP contribution >= 0.6 is 0 Å². The van der Waals surface area contributed by atoms with Crippen molar-refractivity contribution < 1.29 is 57.0 Å². The molecule has 0 saturated carbocycles. The van der Waals surface area contributed by atoms with Crippen molar-refractivity contribution >= 4 is 53.0 Å². The predicted octanol–water partition coefficient (Wildman–Crippen LogP) is 1.40. The average molecular weight is 919 g/mol. The molecule has 2 aromatic carbocycles. The Hall–Kier alpha value is -7.09. The number of nitrogens with zero attached hydrogens (tertiary/aromatic N) is 3. The molecular weight excluding hydrogens is 863 g/mol. The zero-order valence-corrected chi connectivity index (χ0v) is 37.6. The van der Waals surface area contributed by atoms with Gasteiger partial charge in [0.1, 0.15) is 36.9 Å². The van der Waals surface area contributed by atoms with Gasteiger partial charge in [0, 0.05) is 67.6 Å². The largest absolute Gasteiger partial charge is 0.387 e. The number of hydrogen-bond acceptors (Lipinski definition) is 10. The second-order valence-electron chi connectivity index (χ2n) is 17.1. The summed E-state index contributed by atoms with van der Waals surface area (Å²) in [4.78, 5) is 117. The van der Waals surface area contributed by atoms with Gasteiger partial charge in [-0.15, -0.1) is 0 Å². The minimum Gasteiger partial charge on any atom is -0.387 e. The molecule has 0 aliphatic carbocycles. The highest BCUT2D eigenvalue weighted by Gasteiger charge is 2.38. The molecule has 1 aromatic heterocycles. The molecular formula is C46H56F2N8O10. The Morgan fingerprint density at radius 1 is 0.833 bits per heavy atom. The summed E-state index contributed by atoms with van der Waals surface area (Å²) in [5.41, 5.74) is 6.23. The number of amides is 8. The van der Waals surface area contributed by atoms with Crippen LogP contribution in [0, 0.1) is 23.0 Å². The molecule has 0 bridgehead atoms. The minimum atomic E-state index is -1.64. The van der Waals surface area contributed by atoms with Crippen molar-refractivity contribution in [2.45, 2.75) is 84.6 Å². The van der Waals surface area contributed by atoms with Gasteiger partial charge in [-0.05, 0) is 48.6 Å². The number of nitrogens with two attached hydrogens (primary N) is 1. The van der Waals surface area contributed by atoms with Gasteiger partial charge in [0.05, 0.1) is 18.5 Å². The van der Waals surface area contributed by atoms with Crippen LogP contribution in [0.5, 0.6) is 0 Å². The quantitative estimate of drug-likeness (QED) is 0.0790. The summed E-state index contributed by atoms with van der Waals surface area (Å²) in [6.45, 7) is 6.59. The fraction of sp³-hybridized carbons (Fsp3) is 0.413. The lowest BCUT2D eigenvalue weighted by atomic mass is 9.82. The predicted molar refractivity (Wildman–Crippen MR) is 235 cm³/mol. The molecule has 8 amide bonds. The Morgan fingerprint density at radius 3 is 2.06 bits per heavy atom. The molecule has 4 rings (SSSR count). The van der Waals surface area contributed by atoms with Crippen LogP contribution in [0.4, 0.5) is 8.78 Å². The number of rotatable bonds is 22. The van der Waals surface area contributed by atoms with E-state index in [1.54, 1.807) is 16.8 Å². The summed E-state index contributed by atoms with van der Waals surface area (Å²) in [6, 6.07) is 8.87. The van der Waals surface area contributed by atoms with Crippen molar-refractivity contribution in [3.05, 3.63) is 95.8 Å². The number of aliphatic hydroxyl groups excluding tert-OH is 1. The van der Waals surface area contributed by atoms with Gasteiger partial charge in [-0.25, -0.2) is 8.78 Å². The van der Waals surface area contributed by atoms with Crippen molar-refractivity contribution in [3.63, 3.8) is 0 Å². The number of likely N-dealkylation sites (N-methyl/N-ethyl adjacent to an activating group) is 1. The molecule has 0 unspecified atom stereocenters. The Labute approximate surface area is 380 Å². The Bertz CT molecular complexity index is 2340. The molecule has 0 saturated heterocycles. The summed E-state index contributed by atoms with van der Waals surface area (Å²) >= 11 is 0. The van der Waals surface area contributed by atoms with Crippen LogP contribution in [0.15, 0.2) is 72.9 Å². The number of imide groups is 1. The smallest absolute Gasteiger partial charge is 0.254 e. The molecule has 18 nitrogen and oxygen atoms in total. The maximum Gasteiger partial charge on any atom is 0.254 e. The van der Waals surface area contributed by atoms with Crippen LogP contribution in [-0.4, -0.2) is 117 Å². The monoisotopic (exact) mass is 918 g/mol. The topological polar surface area (TPSA) is 259 Å². The van der Waals surface area contributed by atoms with E-state index in [4.69, 9.17) is 5.73 Å². The first-order chi connectivity index (χ1) is 31.0. The van der Waals surface area contributed by atoms with E-state index in [9.17, 15) is 52.6 Å². The summed E-state index contributed by atoms with van der Waals surface area (Å²) in [5.74, 6) is -9.62. The molecule has 2 heterocycles. The SMILES string of the molecule is CNC(=O)[C@H](CCN(C(=O)CO)[C@@H](c1cc(-c2cc(F)ccc2F)cn1Cc1ccccc1)C(C)(C)C)NC(=O)[C@H](CC(N)=O)NC(=O)[C@H](C)CC(=O)[C@H](C)NC(=O)CN1C(=O)C=CC1=O. The van der Waals surface area contributed by atoms with Gasteiger partial charge < -0.3 is 41.6 Å². The number of halogens is 2. The van der Waals surface area contributed by atoms with E-state index in [-0.39, 0.29) is 25.1 Å². The van der Waals surface area contributed by atoms with Crippen molar-refractivity contribution in [1.29, 1.82) is 0 Å². The molecule has 0 fully saturated rings. The number of carbonyl (C=O) groups excluding carboxylic acids is 9. The number of nitrogens with one attached hydrogen (secondary N) is 4. The number of aromatic nitrogens is 1. The van der Waals surface area contributed by atoms with Gasteiger partial charge >= 0.3 is 0 Å². The summed E-state index contributed by atoms with van der Waals surface area (Å²) in [5, 5.41) is 20.0. The fourth-order valence-corrected chi connectivity index (χ4v) is 7.48. The lowest BCUT2D eigenvalue weighted by molar-refractivity contribution is -0.141. The van der Waals surface area contributed by atoms with Crippen LogP contribution in [0.3, 0.4) is 0 Å². The average Bonchev–Trinajstić information content (AvgIpc) is 3.81.